The van der Waals surface area contributed by atoms with E-state index in [-0.39, 0.29) is 5.56 Å². The first-order valence-electron chi connectivity index (χ1n) is 12.0. The van der Waals surface area contributed by atoms with Crippen molar-refractivity contribution in [3.05, 3.63) is 83.9 Å². The summed E-state index contributed by atoms with van der Waals surface area (Å²) in [4.78, 5) is 24.2. The summed E-state index contributed by atoms with van der Waals surface area (Å²) in [5.41, 5.74) is 7.24. The van der Waals surface area contributed by atoms with E-state index in [0.717, 1.165) is 41.7 Å². The number of benzene rings is 1. The van der Waals surface area contributed by atoms with Crippen LogP contribution in [0.25, 0.3) is 22.3 Å². The number of carbonyl (C=O) groups is 2. The number of carboxylic acids is 1. The molecule has 0 saturated heterocycles. The Morgan fingerprint density at radius 1 is 1.14 bits per heavy atom. The summed E-state index contributed by atoms with van der Waals surface area (Å²) in [5, 5.41) is 14.0. The Balaban J connectivity index is 0.00000167. The Morgan fingerprint density at radius 3 is 2.43 bits per heavy atom. The van der Waals surface area contributed by atoms with Crippen LogP contribution in [-0.4, -0.2) is 32.5 Å². The molecule has 1 aliphatic carbocycles. The molecule has 3 aromatic rings. The number of fused-ring (bicyclic) bond motifs is 1. The van der Waals surface area contributed by atoms with E-state index in [0.29, 0.717) is 11.6 Å². The normalized spacial score (nSPS) is 14.6. The van der Waals surface area contributed by atoms with Crippen LogP contribution in [0.15, 0.2) is 67.0 Å². The lowest BCUT2D eigenvalue weighted by molar-refractivity contribution is -0.0980. The summed E-state index contributed by atoms with van der Waals surface area (Å²) in [6.07, 6.45) is 16.2. The Hall–Kier alpha value is -3.80. The van der Waals surface area contributed by atoms with Gasteiger partial charge in [0.05, 0.1) is 11.9 Å². The zero-order chi connectivity index (χ0) is 25.4. The van der Waals surface area contributed by atoms with E-state index in [4.69, 9.17) is 4.79 Å². The van der Waals surface area contributed by atoms with Gasteiger partial charge in [-0.25, -0.2) is 14.3 Å². The van der Waals surface area contributed by atoms with Crippen LogP contribution in [0, 0.1) is 0 Å². The number of aromatic nitrogens is 3. The maximum Gasteiger partial charge on any atom is 0.341 e. The van der Waals surface area contributed by atoms with Crippen molar-refractivity contribution in [2.24, 2.45) is 0 Å². The van der Waals surface area contributed by atoms with Gasteiger partial charge >= 0.3 is 5.97 Å². The molecule has 4 rings (SSSR count). The second-order valence-corrected chi connectivity index (χ2v) is 8.82. The van der Waals surface area contributed by atoms with Crippen molar-refractivity contribution in [3.63, 3.8) is 0 Å². The third-order valence-corrected chi connectivity index (χ3v) is 6.41. The lowest BCUT2D eigenvalue weighted by Crippen LogP contribution is -2.13. The lowest BCUT2D eigenvalue weighted by atomic mass is 9.84. The first-order valence-corrected chi connectivity index (χ1v) is 12.0. The zero-order valence-electron chi connectivity index (χ0n) is 20.5. The molecule has 6 nitrogen and oxygen atoms in total. The van der Waals surface area contributed by atoms with Crippen LogP contribution in [-0.2, 0) is 4.79 Å². The summed E-state index contributed by atoms with van der Waals surface area (Å²) >= 11 is 0. The molecule has 0 spiro atoms. The highest BCUT2D eigenvalue weighted by atomic mass is 16.4. The van der Waals surface area contributed by atoms with Crippen molar-refractivity contribution in [1.82, 2.24) is 14.6 Å². The van der Waals surface area contributed by atoms with Gasteiger partial charge in [0.15, 0.2) is 5.65 Å². The fraction of sp³-hybridized carbons (Fsp3) is 0.310. The molecule has 1 N–H and O–H groups in total. The molecule has 0 amide bonds. The van der Waals surface area contributed by atoms with Crippen LogP contribution in [0.3, 0.4) is 0 Å². The highest BCUT2D eigenvalue weighted by Gasteiger charge is 2.25. The summed E-state index contributed by atoms with van der Waals surface area (Å²) in [6.45, 7) is 10.1. The number of carbonyl (C=O) groups excluding carboxylic acids is 1. The molecule has 6 heteroatoms. The molecule has 0 bridgehead atoms. The van der Waals surface area contributed by atoms with E-state index in [2.05, 4.69) is 53.9 Å². The van der Waals surface area contributed by atoms with Crippen molar-refractivity contribution < 1.29 is 14.7 Å². The average molecular weight is 472 g/mol. The predicted octanol–water partition coefficient (Wildman–Crippen LogP) is 6.88. The topological polar surface area (TPSA) is 84.6 Å². The van der Waals surface area contributed by atoms with Gasteiger partial charge < -0.3 is 9.90 Å². The molecule has 2 aromatic heterocycles. The number of aromatic carboxylic acids is 1. The van der Waals surface area contributed by atoms with Crippen molar-refractivity contribution in [2.75, 3.05) is 0 Å². The monoisotopic (exact) mass is 471 g/mol. The zero-order valence-corrected chi connectivity index (χ0v) is 20.5. The minimum absolute atomic E-state index is 0.148. The van der Waals surface area contributed by atoms with E-state index in [9.17, 15) is 9.90 Å². The number of hydrogen-bond donors (Lipinski definition) is 1. The average Bonchev–Trinajstić information content (AvgIpc) is 3.32. The highest BCUT2D eigenvalue weighted by Crippen LogP contribution is 2.38. The molecule has 1 aromatic carbocycles. The van der Waals surface area contributed by atoms with E-state index in [1.165, 1.54) is 36.6 Å². The van der Waals surface area contributed by atoms with Crippen LogP contribution >= 0.6 is 0 Å². The van der Waals surface area contributed by atoms with Crippen LogP contribution in [0.5, 0.6) is 0 Å². The van der Waals surface area contributed by atoms with Gasteiger partial charge in [-0.05, 0) is 42.9 Å². The Kier molecular flexibility index (Phi) is 8.90. The molecule has 0 unspecified atom stereocenters. The summed E-state index contributed by atoms with van der Waals surface area (Å²) < 4.78 is 1.77. The predicted molar refractivity (Wildman–Crippen MR) is 141 cm³/mol. The summed E-state index contributed by atoms with van der Waals surface area (Å²) in [6, 6.07) is 8.58. The molecule has 0 radical (unpaired) electrons. The van der Waals surface area contributed by atoms with Gasteiger partial charge in [-0.15, -0.1) is 0 Å². The first kappa shape index (κ1) is 25.8. The third kappa shape index (κ3) is 5.83. The van der Waals surface area contributed by atoms with Crippen molar-refractivity contribution in [1.29, 1.82) is 0 Å². The van der Waals surface area contributed by atoms with Gasteiger partial charge in [0.25, 0.3) is 0 Å². The van der Waals surface area contributed by atoms with Crippen LogP contribution in [0.4, 0.5) is 0 Å². The van der Waals surface area contributed by atoms with Gasteiger partial charge in [0, 0.05) is 17.7 Å². The number of hydrogen-bond acceptors (Lipinski definition) is 4. The fourth-order valence-electron chi connectivity index (χ4n) is 4.70. The first-order chi connectivity index (χ1) is 17.0. The minimum atomic E-state index is -0.997. The number of allylic oxidation sites excluding steroid dienone is 5. The molecular formula is C29H33N3O3. The molecule has 1 aliphatic rings. The van der Waals surface area contributed by atoms with E-state index in [1.807, 2.05) is 32.1 Å². The van der Waals surface area contributed by atoms with Crippen molar-refractivity contribution >= 4 is 24.0 Å². The van der Waals surface area contributed by atoms with Crippen LogP contribution in [0.1, 0.15) is 79.9 Å². The standard InChI is InChI=1S/C28H31N3O2.CH2O/c1-4-20(12-8-9-19(2)3)21-13-15-22(16-14-21)24-17-29-27-25(28(32)33)18-30-31(27)26(24)23-10-6-5-7-11-23;1-2/h8-9,12-18,23H,2,4-7,10-11H2,1,3H3,(H,32,33);1H2/b9-8-,20-12+;. The molecule has 1 saturated carbocycles. The Morgan fingerprint density at radius 2 is 1.83 bits per heavy atom. The number of rotatable bonds is 7. The second kappa shape index (κ2) is 12.1. The van der Waals surface area contributed by atoms with Gasteiger partial charge in [-0.3, -0.25) is 0 Å². The molecular weight excluding hydrogens is 438 g/mol. The van der Waals surface area contributed by atoms with Gasteiger partial charge in [0.2, 0.25) is 0 Å². The Labute approximate surface area is 206 Å². The fourth-order valence-corrected chi connectivity index (χ4v) is 4.70. The lowest BCUT2D eigenvalue weighted by Gasteiger charge is -2.25. The SMILES string of the molecule is C=C(C)/C=C\C=C(/CC)c1ccc(-c2cnc3c(C(=O)O)cnn3c2C2CCCCC2)cc1.C=O. The van der Waals surface area contributed by atoms with Crippen molar-refractivity contribution in [2.45, 2.75) is 58.3 Å². The smallest absolute Gasteiger partial charge is 0.341 e. The summed E-state index contributed by atoms with van der Waals surface area (Å²) in [7, 11) is 0. The second-order valence-electron chi connectivity index (χ2n) is 8.82. The van der Waals surface area contributed by atoms with Crippen LogP contribution < -0.4 is 0 Å². The van der Waals surface area contributed by atoms with Gasteiger partial charge in [-0.2, -0.15) is 5.10 Å². The largest absolute Gasteiger partial charge is 0.477 e. The van der Waals surface area contributed by atoms with E-state index in [1.54, 1.807) is 4.52 Å². The summed E-state index contributed by atoms with van der Waals surface area (Å²) in [5.74, 6) is -0.650. The molecule has 182 valence electrons. The van der Waals surface area contributed by atoms with Crippen LogP contribution in [0.2, 0.25) is 0 Å². The number of carboxylic acid groups (broad SMARTS) is 1. The van der Waals surface area contributed by atoms with Gasteiger partial charge in [0.1, 0.15) is 12.4 Å². The molecule has 1 fully saturated rings. The third-order valence-electron chi connectivity index (χ3n) is 6.41. The quantitative estimate of drug-likeness (QED) is 0.380. The molecule has 0 atom stereocenters. The van der Waals surface area contributed by atoms with Gasteiger partial charge in [-0.1, -0.05) is 80.8 Å². The molecule has 2 heterocycles. The minimum Gasteiger partial charge on any atom is -0.477 e. The van der Waals surface area contributed by atoms with E-state index >= 15 is 0 Å². The van der Waals surface area contributed by atoms with E-state index < -0.39 is 5.97 Å². The highest BCUT2D eigenvalue weighted by molar-refractivity contribution is 5.94. The molecule has 35 heavy (non-hydrogen) atoms. The van der Waals surface area contributed by atoms with Crippen molar-refractivity contribution in [3.8, 4) is 11.1 Å². The maximum atomic E-state index is 11.7. The molecule has 0 aliphatic heterocycles. The Bertz CT molecular complexity index is 1250. The number of nitrogens with zero attached hydrogens (tertiary/aromatic N) is 3. The maximum absolute atomic E-state index is 11.7.